The summed E-state index contributed by atoms with van der Waals surface area (Å²) in [5.74, 6) is -1.52. The number of methoxy groups -OCH3 is 1. The summed E-state index contributed by atoms with van der Waals surface area (Å²) in [7, 11) is 1.58. The summed E-state index contributed by atoms with van der Waals surface area (Å²) in [6.07, 6.45) is 9.09. The quantitative estimate of drug-likeness (QED) is 0.0944. The molecule has 0 bridgehead atoms. The van der Waals surface area contributed by atoms with Gasteiger partial charge in [-0.2, -0.15) is 10.2 Å². The smallest absolute Gasteiger partial charge is 0.337 e. The number of nitrogens with zero attached hydrogens (tertiary/aromatic N) is 6. The first-order valence-electron chi connectivity index (χ1n) is 16.8. The number of ether oxygens (including phenoxy) is 1. The Morgan fingerprint density at radius 2 is 1.35 bits per heavy atom. The number of hydrogen-bond donors (Lipinski definition) is 5. The Hall–Kier alpha value is -6.29. The number of carbonyl (C=O) groups is 2. The van der Waals surface area contributed by atoms with E-state index in [0.717, 1.165) is 16.7 Å². The van der Waals surface area contributed by atoms with Crippen LogP contribution in [0.2, 0.25) is 0 Å². The Morgan fingerprint density at radius 1 is 0.818 bits per heavy atom. The van der Waals surface area contributed by atoms with E-state index < -0.39 is 11.9 Å². The van der Waals surface area contributed by atoms with Gasteiger partial charge in [0.1, 0.15) is 5.75 Å². The van der Waals surface area contributed by atoms with Crippen LogP contribution in [0.5, 0.6) is 17.5 Å². The molecule has 0 saturated carbocycles. The Balaban J connectivity index is 0.000000240. The largest absolute Gasteiger partial charge is 0.497 e. The number of aliphatic hydroxyl groups excluding tert-OH is 1. The van der Waals surface area contributed by atoms with E-state index in [4.69, 9.17) is 9.84 Å². The predicted molar refractivity (Wildman–Crippen MR) is 204 cm³/mol. The molecule has 3 aromatic carbocycles. The van der Waals surface area contributed by atoms with Crippen molar-refractivity contribution < 1.29 is 56.6 Å². The minimum absolute atomic E-state index is 0. The van der Waals surface area contributed by atoms with Crippen molar-refractivity contribution >= 4 is 35.7 Å². The van der Waals surface area contributed by atoms with Crippen molar-refractivity contribution in [2.75, 3.05) is 13.7 Å². The van der Waals surface area contributed by atoms with Crippen molar-refractivity contribution in [2.24, 2.45) is 9.98 Å². The molecule has 5 aromatic rings. The van der Waals surface area contributed by atoms with Crippen LogP contribution < -0.4 is 4.74 Å². The summed E-state index contributed by atoms with van der Waals surface area (Å²) in [5.41, 5.74) is 5.88. The number of allylic oxidation sites excluding steroid dienone is 2. The van der Waals surface area contributed by atoms with Crippen LogP contribution in [0.4, 0.5) is 11.4 Å². The van der Waals surface area contributed by atoms with Gasteiger partial charge in [-0.15, -0.1) is 0 Å². The molecule has 6 rings (SSSR count). The number of aliphatic hydroxyl groups is 1. The first kappa shape index (κ1) is 41.5. The number of para-hydroxylation sites is 2. The third-order valence-corrected chi connectivity index (χ3v) is 8.74. The first-order valence-corrected chi connectivity index (χ1v) is 16.8. The van der Waals surface area contributed by atoms with Gasteiger partial charge in [0.05, 0.1) is 70.5 Å². The van der Waals surface area contributed by atoms with E-state index in [-0.39, 0.29) is 52.3 Å². The summed E-state index contributed by atoms with van der Waals surface area (Å²) >= 11 is 0. The number of carboxylic acids is 2. The number of aromatic carboxylic acids is 2. The molecular weight excluding hydrogens is 751 g/mol. The molecule has 0 amide bonds. The zero-order valence-corrected chi connectivity index (χ0v) is 31.7. The van der Waals surface area contributed by atoms with Crippen LogP contribution in [0.3, 0.4) is 0 Å². The molecule has 5 N–H and O–H groups in total. The van der Waals surface area contributed by atoms with Crippen molar-refractivity contribution in [2.45, 2.75) is 40.2 Å². The van der Waals surface area contributed by atoms with E-state index >= 15 is 0 Å². The van der Waals surface area contributed by atoms with Gasteiger partial charge in [-0.3, -0.25) is 9.98 Å². The number of aryl methyl sites for hydroxylation is 4. The molecule has 0 saturated heterocycles. The zero-order valence-electron chi connectivity index (χ0n) is 30.6. The summed E-state index contributed by atoms with van der Waals surface area (Å²) < 4.78 is 8.03. The molecule has 1 aliphatic carbocycles. The standard InChI is InChI=1S/C20H19N3O4.C20H21N3O4.Co/c1-12-5-4-6-16(20(25)26)18(12)21-11-17-13(2)22-23(19(17)24)14-7-9-15(27-3)10-8-14;1-12-4-3-5-16(20(26)27)18(12)21-10-17-13(2)22-23(19(17)25)15-8-6-14(11-24)7-9-15;/h4-11,24H,1-3H3,(H,25,26);3-8,10,15,24-25H,9,11H2,1-2H3,(H,26,27);. The monoisotopic (exact) mass is 791 g/mol. The van der Waals surface area contributed by atoms with Gasteiger partial charge in [-0.1, -0.05) is 42.5 Å². The molecule has 0 aliphatic heterocycles. The van der Waals surface area contributed by atoms with Crippen LogP contribution in [0.15, 0.2) is 94.4 Å². The van der Waals surface area contributed by atoms with E-state index in [1.165, 1.54) is 33.9 Å². The molecule has 15 heteroatoms. The summed E-state index contributed by atoms with van der Waals surface area (Å²) in [6.45, 7) is 7.06. The SMILES string of the molecule is COc1ccc(-n2nc(C)c(C=Nc3c(C)cccc3C(=O)O)c2O)cc1.Cc1cccc(C(=O)O)c1N=Cc1c(C)nn(C2C=CC(CO)=CC2)c1O.[Co]. The van der Waals surface area contributed by atoms with Crippen LogP contribution in [0.25, 0.3) is 5.69 Å². The van der Waals surface area contributed by atoms with Gasteiger partial charge in [-0.25, -0.2) is 19.0 Å². The Bertz CT molecular complexity index is 2320. The van der Waals surface area contributed by atoms with E-state index in [9.17, 15) is 30.0 Å². The molecule has 1 radical (unpaired) electrons. The van der Waals surface area contributed by atoms with Gasteiger partial charge in [0.25, 0.3) is 0 Å². The second-order valence-corrected chi connectivity index (χ2v) is 12.4. The third kappa shape index (κ3) is 9.27. The first-order chi connectivity index (χ1) is 25.8. The third-order valence-electron chi connectivity index (χ3n) is 8.74. The van der Waals surface area contributed by atoms with Gasteiger partial charge in [0, 0.05) is 29.2 Å². The Kier molecular flexibility index (Phi) is 13.7. The molecule has 14 nitrogen and oxygen atoms in total. The predicted octanol–water partition coefficient (Wildman–Crippen LogP) is 6.72. The maximum atomic E-state index is 11.4. The number of benzene rings is 3. The molecule has 1 aliphatic rings. The molecule has 2 aromatic heterocycles. The molecular formula is C40H40CoN6O8. The average Bonchev–Trinajstić information content (AvgIpc) is 3.62. The summed E-state index contributed by atoms with van der Waals surface area (Å²) in [6, 6.07) is 16.8. The zero-order chi connectivity index (χ0) is 39.1. The number of hydrogen-bond acceptors (Lipinski definition) is 10. The van der Waals surface area contributed by atoms with Crippen molar-refractivity contribution in [1.82, 2.24) is 19.6 Å². The van der Waals surface area contributed by atoms with Crippen LogP contribution in [0.1, 0.15) is 66.8 Å². The number of aromatic hydroxyl groups is 2. The van der Waals surface area contributed by atoms with Crippen LogP contribution >= 0.6 is 0 Å². The van der Waals surface area contributed by atoms with E-state index in [1.807, 2.05) is 18.2 Å². The van der Waals surface area contributed by atoms with Crippen molar-refractivity contribution in [3.63, 3.8) is 0 Å². The van der Waals surface area contributed by atoms with Gasteiger partial charge >= 0.3 is 11.9 Å². The molecule has 0 fully saturated rings. The van der Waals surface area contributed by atoms with E-state index in [1.54, 1.807) is 83.3 Å². The summed E-state index contributed by atoms with van der Waals surface area (Å²) in [4.78, 5) is 31.5. The molecule has 0 spiro atoms. The molecule has 2 heterocycles. The number of aromatic nitrogens is 4. The topological polar surface area (TPSA) is 205 Å². The average molecular weight is 792 g/mol. The van der Waals surface area contributed by atoms with Gasteiger partial charge in [-0.05, 0) is 87.2 Å². The van der Waals surface area contributed by atoms with Crippen molar-refractivity contribution in [1.29, 1.82) is 0 Å². The maximum Gasteiger partial charge on any atom is 0.337 e. The van der Waals surface area contributed by atoms with Crippen LogP contribution in [-0.2, 0) is 16.8 Å². The second kappa shape index (κ2) is 18.2. The fraction of sp³-hybridized carbons (Fsp3) is 0.200. The molecule has 1 atom stereocenters. The van der Waals surface area contributed by atoms with Crippen LogP contribution in [0, 0.1) is 27.7 Å². The van der Waals surface area contributed by atoms with Gasteiger partial charge < -0.3 is 30.3 Å². The molecule has 55 heavy (non-hydrogen) atoms. The van der Waals surface area contributed by atoms with Gasteiger partial charge in [0.2, 0.25) is 11.8 Å². The maximum absolute atomic E-state index is 11.4. The van der Waals surface area contributed by atoms with Gasteiger partial charge in [0.15, 0.2) is 0 Å². The Morgan fingerprint density at radius 3 is 1.82 bits per heavy atom. The number of rotatable bonds is 10. The van der Waals surface area contributed by atoms with Crippen LogP contribution in [-0.4, -0.2) is 83.2 Å². The van der Waals surface area contributed by atoms with Crippen molar-refractivity contribution in [3.8, 4) is 23.2 Å². The van der Waals surface area contributed by atoms with Crippen molar-refractivity contribution in [3.05, 3.63) is 129 Å². The molecule has 1 unspecified atom stereocenters. The normalized spacial score (nSPS) is 13.6. The Labute approximate surface area is 327 Å². The fourth-order valence-corrected chi connectivity index (χ4v) is 5.73. The minimum Gasteiger partial charge on any atom is -0.497 e. The second-order valence-electron chi connectivity index (χ2n) is 12.4. The number of carboxylic acid groups (broad SMARTS) is 2. The van der Waals surface area contributed by atoms with E-state index in [2.05, 4.69) is 20.2 Å². The van der Waals surface area contributed by atoms with E-state index in [0.29, 0.717) is 51.7 Å². The number of aliphatic imine (C=N–C) groups is 2. The minimum atomic E-state index is -1.05. The summed E-state index contributed by atoms with van der Waals surface area (Å²) in [5, 5.41) is 57.8. The molecule has 287 valence electrons. The fourth-order valence-electron chi connectivity index (χ4n) is 5.73.